The molecule has 0 saturated carbocycles. The SMILES string of the molecule is COc1ccc(NC(=O)NCCOc2ccccc2C(C)C)cc1. The van der Waals surface area contributed by atoms with Crippen molar-refractivity contribution in [3.8, 4) is 11.5 Å². The lowest BCUT2D eigenvalue weighted by molar-refractivity contribution is 0.247. The van der Waals surface area contributed by atoms with Crippen LogP contribution in [0.15, 0.2) is 48.5 Å². The predicted molar refractivity (Wildman–Crippen MR) is 96.0 cm³/mol. The number of hydrogen-bond acceptors (Lipinski definition) is 3. The van der Waals surface area contributed by atoms with Crippen LogP contribution in [-0.2, 0) is 0 Å². The molecule has 0 atom stereocenters. The smallest absolute Gasteiger partial charge is 0.319 e. The Morgan fingerprint density at radius 1 is 1.08 bits per heavy atom. The second kappa shape index (κ2) is 8.82. The molecule has 0 fully saturated rings. The van der Waals surface area contributed by atoms with Crippen LogP contribution in [0.5, 0.6) is 11.5 Å². The molecule has 2 N–H and O–H groups in total. The van der Waals surface area contributed by atoms with Crippen LogP contribution in [0.25, 0.3) is 0 Å². The highest BCUT2D eigenvalue weighted by Crippen LogP contribution is 2.25. The van der Waals surface area contributed by atoms with Gasteiger partial charge in [-0.2, -0.15) is 0 Å². The maximum absolute atomic E-state index is 11.8. The zero-order chi connectivity index (χ0) is 17.4. The van der Waals surface area contributed by atoms with Crippen molar-refractivity contribution in [1.82, 2.24) is 5.32 Å². The first-order valence-corrected chi connectivity index (χ1v) is 8.00. The average molecular weight is 328 g/mol. The zero-order valence-electron chi connectivity index (χ0n) is 14.3. The van der Waals surface area contributed by atoms with Crippen molar-refractivity contribution < 1.29 is 14.3 Å². The third-order valence-corrected chi connectivity index (χ3v) is 3.53. The maximum atomic E-state index is 11.8. The highest BCUT2D eigenvalue weighted by Gasteiger charge is 2.07. The van der Waals surface area contributed by atoms with Gasteiger partial charge in [0.1, 0.15) is 18.1 Å². The number of para-hydroxylation sites is 1. The second-order valence-electron chi connectivity index (χ2n) is 5.65. The van der Waals surface area contributed by atoms with Crippen molar-refractivity contribution in [2.24, 2.45) is 0 Å². The van der Waals surface area contributed by atoms with E-state index in [0.29, 0.717) is 24.8 Å². The van der Waals surface area contributed by atoms with E-state index in [0.717, 1.165) is 11.5 Å². The fourth-order valence-corrected chi connectivity index (χ4v) is 2.26. The molecule has 0 spiro atoms. The lowest BCUT2D eigenvalue weighted by Crippen LogP contribution is -2.32. The quantitative estimate of drug-likeness (QED) is 0.755. The summed E-state index contributed by atoms with van der Waals surface area (Å²) in [4.78, 5) is 11.8. The van der Waals surface area contributed by atoms with E-state index in [1.54, 1.807) is 31.4 Å². The van der Waals surface area contributed by atoms with Gasteiger partial charge in [0.2, 0.25) is 0 Å². The van der Waals surface area contributed by atoms with Crippen LogP contribution in [0.1, 0.15) is 25.3 Å². The molecule has 2 aromatic rings. The van der Waals surface area contributed by atoms with E-state index in [2.05, 4.69) is 30.5 Å². The Morgan fingerprint density at radius 2 is 1.79 bits per heavy atom. The summed E-state index contributed by atoms with van der Waals surface area (Å²) < 4.78 is 10.8. The Hall–Kier alpha value is -2.69. The molecule has 2 rings (SSSR count). The summed E-state index contributed by atoms with van der Waals surface area (Å²) in [5, 5.41) is 5.53. The van der Waals surface area contributed by atoms with E-state index < -0.39 is 0 Å². The van der Waals surface area contributed by atoms with Gasteiger partial charge in [0.05, 0.1) is 13.7 Å². The van der Waals surface area contributed by atoms with Gasteiger partial charge in [-0.05, 0) is 41.8 Å². The Bertz CT molecular complexity index is 654. The van der Waals surface area contributed by atoms with Gasteiger partial charge in [0, 0.05) is 5.69 Å². The summed E-state index contributed by atoms with van der Waals surface area (Å²) in [5.41, 5.74) is 1.87. The maximum Gasteiger partial charge on any atom is 0.319 e. The molecule has 2 amide bonds. The number of carbonyl (C=O) groups is 1. The highest BCUT2D eigenvalue weighted by atomic mass is 16.5. The summed E-state index contributed by atoms with van der Waals surface area (Å²) in [6, 6.07) is 14.9. The van der Waals surface area contributed by atoms with Gasteiger partial charge >= 0.3 is 6.03 Å². The Morgan fingerprint density at radius 3 is 2.46 bits per heavy atom. The van der Waals surface area contributed by atoms with Crippen molar-refractivity contribution >= 4 is 11.7 Å². The molecule has 0 unspecified atom stereocenters. The Labute approximate surface area is 143 Å². The molecule has 0 aliphatic heterocycles. The summed E-state index contributed by atoms with van der Waals surface area (Å²) in [6.07, 6.45) is 0. The molecular weight excluding hydrogens is 304 g/mol. The molecule has 0 aromatic heterocycles. The number of ether oxygens (including phenoxy) is 2. The molecule has 5 heteroatoms. The third-order valence-electron chi connectivity index (χ3n) is 3.53. The van der Waals surface area contributed by atoms with Crippen molar-refractivity contribution in [2.75, 3.05) is 25.6 Å². The third kappa shape index (κ3) is 5.19. The molecule has 0 aliphatic rings. The van der Waals surface area contributed by atoms with E-state index in [9.17, 15) is 4.79 Å². The van der Waals surface area contributed by atoms with Gasteiger partial charge in [0.15, 0.2) is 0 Å². The standard InChI is InChI=1S/C19H24N2O3/c1-14(2)17-6-4-5-7-18(17)24-13-12-20-19(22)21-15-8-10-16(23-3)11-9-15/h4-11,14H,12-13H2,1-3H3,(H2,20,21,22). The number of rotatable bonds is 7. The van der Waals surface area contributed by atoms with Crippen LogP contribution in [-0.4, -0.2) is 26.3 Å². The van der Waals surface area contributed by atoms with Gasteiger partial charge in [-0.15, -0.1) is 0 Å². The topological polar surface area (TPSA) is 59.6 Å². The lowest BCUT2D eigenvalue weighted by atomic mass is 10.0. The molecular formula is C19H24N2O3. The summed E-state index contributed by atoms with van der Waals surface area (Å²) >= 11 is 0. The summed E-state index contributed by atoms with van der Waals surface area (Å²) in [6.45, 7) is 5.10. The molecule has 0 heterocycles. The van der Waals surface area contributed by atoms with Crippen molar-refractivity contribution in [3.05, 3.63) is 54.1 Å². The summed E-state index contributed by atoms with van der Waals surface area (Å²) in [5.74, 6) is 2.01. The zero-order valence-corrected chi connectivity index (χ0v) is 14.3. The fraction of sp³-hybridized carbons (Fsp3) is 0.316. The monoisotopic (exact) mass is 328 g/mol. The minimum atomic E-state index is -0.263. The minimum Gasteiger partial charge on any atom is -0.497 e. The normalized spacial score (nSPS) is 10.3. The first-order valence-electron chi connectivity index (χ1n) is 8.00. The van der Waals surface area contributed by atoms with Crippen molar-refractivity contribution in [3.63, 3.8) is 0 Å². The number of benzene rings is 2. The van der Waals surface area contributed by atoms with Gasteiger partial charge in [0.25, 0.3) is 0 Å². The van der Waals surface area contributed by atoms with Crippen LogP contribution in [0.2, 0.25) is 0 Å². The number of hydrogen-bond donors (Lipinski definition) is 2. The number of anilines is 1. The molecule has 128 valence electrons. The first-order chi connectivity index (χ1) is 11.6. The molecule has 0 radical (unpaired) electrons. The average Bonchev–Trinajstić information content (AvgIpc) is 2.59. The van der Waals surface area contributed by atoms with Gasteiger partial charge in [-0.3, -0.25) is 0 Å². The summed E-state index contributed by atoms with van der Waals surface area (Å²) in [7, 11) is 1.60. The first kappa shape index (κ1) is 17.7. The predicted octanol–water partition coefficient (Wildman–Crippen LogP) is 4.02. The minimum absolute atomic E-state index is 0.263. The molecule has 0 aliphatic carbocycles. The van der Waals surface area contributed by atoms with Crippen molar-refractivity contribution in [1.29, 1.82) is 0 Å². The molecule has 2 aromatic carbocycles. The number of methoxy groups -OCH3 is 1. The lowest BCUT2D eigenvalue weighted by Gasteiger charge is -2.14. The molecule has 24 heavy (non-hydrogen) atoms. The number of amides is 2. The largest absolute Gasteiger partial charge is 0.497 e. The van der Waals surface area contributed by atoms with E-state index in [4.69, 9.17) is 9.47 Å². The van der Waals surface area contributed by atoms with Crippen LogP contribution in [0.4, 0.5) is 10.5 Å². The number of carbonyl (C=O) groups excluding carboxylic acids is 1. The number of nitrogens with one attached hydrogen (secondary N) is 2. The van der Waals surface area contributed by atoms with Gasteiger partial charge in [-0.1, -0.05) is 32.0 Å². The molecule has 0 bridgehead atoms. The Balaban J connectivity index is 1.75. The van der Waals surface area contributed by atoms with E-state index in [-0.39, 0.29) is 6.03 Å². The Kier molecular flexibility index (Phi) is 6.49. The van der Waals surface area contributed by atoms with Crippen LogP contribution < -0.4 is 20.1 Å². The number of urea groups is 1. The van der Waals surface area contributed by atoms with Crippen LogP contribution >= 0.6 is 0 Å². The van der Waals surface area contributed by atoms with Gasteiger partial charge in [-0.25, -0.2) is 4.79 Å². The highest BCUT2D eigenvalue weighted by molar-refractivity contribution is 5.89. The van der Waals surface area contributed by atoms with Crippen LogP contribution in [0.3, 0.4) is 0 Å². The van der Waals surface area contributed by atoms with E-state index in [1.807, 2.05) is 18.2 Å². The van der Waals surface area contributed by atoms with Gasteiger partial charge < -0.3 is 20.1 Å². The van der Waals surface area contributed by atoms with E-state index >= 15 is 0 Å². The molecule has 5 nitrogen and oxygen atoms in total. The van der Waals surface area contributed by atoms with Crippen molar-refractivity contribution in [2.45, 2.75) is 19.8 Å². The van der Waals surface area contributed by atoms with E-state index in [1.165, 1.54) is 5.56 Å². The molecule has 0 saturated heterocycles. The van der Waals surface area contributed by atoms with Crippen LogP contribution in [0, 0.1) is 0 Å². The second-order valence-corrected chi connectivity index (χ2v) is 5.65. The fourth-order valence-electron chi connectivity index (χ4n) is 2.26.